The third-order valence-electron chi connectivity index (χ3n) is 2.13. The molecular formula is C10H17N3. The van der Waals surface area contributed by atoms with Crippen LogP contribution in [0.5, 0.6) is 0 Å². The number of nitrogens with one attached hydrogen (secondary N) is 1. The van der Waals surface area contributed by atoms with Gasteiger partial charge in [-0.1, -0.05) is 6.07 Å². The number of anilines is 2. The van der Waals surface area contributed by atoms with Gasteiger partial charge in [0.15, 0.2) is 0 Å². The lowest BCUT2D eigenvalue weighted by molar-refractivity contribution is 0.744. The Balaban J connectivity index is 2.88. The second kappa shape index (κ2) is 4.12. The number of pyridine rings is 1. The van der Waals surface area contributed by atoms with Gasteiger partial charge in [0.1, 0.15) is 11.6 Å². The second-order valence-corrected chi connectivity index (χ2v) is 3.34. The van der Waals surface area contributed by atoms with Crippen LogP contribution >= 0.6 is 0 Å². The Kier molecular flexibility index (Phi) is 3.12. The van der Waals surface area contributed by atoms with Crippen molar-refractivity contribution >= 4 is 11.6 Å². The summed E-state index contributed by atoms with van der Waals surface area (Å²) in [4.78, 5) is 6.57. The molecule has 3 nitrogen and oxygen atoms in total. The molecule has 0 aliphatic rings. The molecule has 0 aliphatic carbocycles. The third-order valence-corrected chi connectivity index (χ3v) is 2.13. The van der Waals surface area contributed by atoms with Crippen molar-refractivity contribution in [3.63, 3.8) is 0 Å². The Bertz CT molecular complexity index is 271. The Morgan fingerprint density at radius 1 is 1.38 bits per heavy atom. The molecule has 1 aromatic rings. The maximum atomic E-state index is 4.43. The quantitative estimate of drug-likeness (QED) is 0.769. The lowest BCUT2D eigenvalue weighted by Gasteiger charge is -2.22. The summed E-state index contributed by atoms with van der Waals surface area (Å²) in [5.74, 6) is 1.91. The van der Waals surface area contributed by atoms with E-state index in [0.29, 0.717) is 6.04 Å². The van der Waals surface area contributed by atoms with E-state index >= 15 is 0 Å². The molecule has 1 rings (SSSR count). The Labute approximate surface area is 79.8 Å². The maximum absolute atomic E-state index is 4.43. The van der Waals surface area contributed by atoms with Crippen LogP contribution in [0.3, 0.4) is 0 Å². The molecule has 0 unspecified atom stereocenters. The molecule has 0 saturated heterocycles. The summed E-state index contributed by atoms with van der Waals surface area (Å²) >= 11 is 0. The molecule has 0 amide bonds. The molecule has 13 heavy (non-hydrogen) atoms. The lowest BCUT2D eigenvalue weighted by atomic mass is 10.3. The summed E-state index contributed by atoms with van der Waals surface area (Å²) < 4.78 is 0. The molecular weight excluding hydrogens is 162 g/mol. The SMILES string of the molecule is CNc1cccc(N(C)C(C)C)n1. The van der Waals surface area contributed by atoms with Crippen LogP contribution in [0.1, 0.15) is 13.8 Å². The molecule has 0 radical (unpaired) electrons. The number of nitrogens with zero attached hydrogens (tertiary/aromatic N) is 2. The van der Waals surface area contributed by atoms with Gasteiger partial charge in [0, 0.05) is 20.1 Å². The molecule has 0 saturated carbocycles. The Hall–Kier alpha value is -1.25. The van der Waals surface area contributed by atoms with Gasteiger partial charge in [-0.25, -0.2) is 4.98 Å². The number of hydrogen-bond acceptors (Lipinski definition) is 3. The van der Waals surface area contributed by atoms with Crippen molar-refractivity contribution in [1.82, 2.24) is 4.98 Å². The van der Waals surface area contributed by atoms with E-state index in [-0.39, 0.29) is 0 Å². The van der Waals surface area contributed by atoms with Crippen molar-refractivity contribution in [3.8, 4) is 0 Å². The first-order valence-corrected chi connectivity index (χ1v) is 4.52. The van der Waals surface area contributed by atoms with Crippen molar-refractivity contribution in [2.24, 2.45) is 0 Å². The highest BCUT2D eigenvalue weighted by Gasteiger charge is 2.05. The topological polar surface area (TPSA) is 28.2 Å². The van der Waals surface area contributed by atoms with Gasteiger partial charge in [0.05, 0.1) is 0 Å². The van der Waals surface area contributed by atoms with Gasteiger partial charge in [0.2, 0.25) is 0 Å². The molecule has 0 fully saturated rings. The second-order valence-electron chi connectivity index (χ2n) is 3.34. The fourth-order valence-corrected chi connectivity index (χ4v) is 1.02. The van der Waals surface area contributed by atoms with Gasteiger partial charge >= 0.3 is 0 Å². The van der Waals surface area contributed by atoms with E-state index in [4.69, 9.17) is 0 Å². The minimum atomic E-state index is 0.472. The first-order valence-electron chi connectivity index (χ1n) is 4.52. The first kappa shape index (κ1) is 9.84. The van der Waals surface area contributed by atoms with Crippen LogP contribution in [-0.2, 0) is 0 Å². The van der Waals surface area contributed by atoms with Crippen LogP contribution in [-0.4, -0.2) is 25.1 Å². The normalized spacial score (nSPS) is 10.2. The number of aromatic nitrogens is 1. The van der Waals surface area contributed by atoms with Crippen molar-refractivity contribution < 1.29 is 0 Å². The molecule has 0 aliphatic heterocycles. The van der Waals surface area contributed by atoms with Gasteiger partial charge in [-0.3, -0.25) is 0 Å². The highest BCUT2D eigenvalue weighted by molar-refractivity contribution is 5.46. The van der Waals surface area contributed by atoms with E-state index in [1.807, 2.05) is 32.3 Å². The van der Waals surface area contributed by atoms with Crippen LogP contribution in [0.2, 0.25) is 0 Å². The summed E-state index contributed by atoms with van der Waals surface area (Å²) in [6.45, 7) is 4.29. The van der Waals surface area contributed by atoms with Gasteiger partial charge in [0.25, 0.3) is 0 Å². The van der Waals surface area contributed by atoms with E-state index in [0.717, 1.165) is 11.6 Å². The molecule has 1 aromatic heterocycles. The zero-order chi connectivity index (χ0) is 9.84. The van der Waals surface area contributed by atoms with Gasteiger partial charge < -0.3 is 10.2 Å². The molecule has 0 aromatic carbocycles. The van der Waals surface area contributed by atoms with Crippen molar-refractivity contribution in [2.75, 3.05) is 24.3 Å². The van der Waals surface area contributed by atoms with Crippen molar-refractivity contribution in [1.29, 1.82) is 0 Å². The zero-order valence-electron chi connectivity index (χ0n) is 8.70. The minimum absolute atomic E-state index is 0.472. The van der Waals surface area contributed by atoms with Gasteiger partial charge in [-0.05, 0) is 26.0 Å². The van der Waals surface area contributed by atoms with Gasteiger partial charge in [-0.15, -0.1) is 0 Å². The molecule has 0 atom stereocenters. The molecule has 1 N–H and O–H groups in total. The van der Waals surface area contributed by atoms with Crippen LogP contribution in [0.25, 0.3) is 0 Å². The predicted molar refractivity (Wildman–Crippen MR) is 57.3 cm³/mol. The van der Waals surface area contributed by atoms with Crippen molar-refractivity contribution in [3.05, 3.63) is 18.2 Å². The smallest absolute Gasteiger partial charge is 0.130 e. The first-order chi connectivity index (χ1) is 6.15. The minimum Gasteiger partial charge on any atom is -0.373 e. The lowest BCUT2D eigenvalue weighted by Crippen LogP contribution is -2.26. The molecule has 3 heteroatoms. The predicted octanol–water partition coefficient (Wildman–Crippen LogP) is 1.97. The zero-order valence-corrected chi connectivity index (χ0v) is 8.70. The Morgan fingerprint density at radius 3 is 2.62 bits per heavy atom. The Morgan fingerprint density at radius 2 is 2.08 bits per heavy atom. The van der Waals surface area contributed by atoms with E-state index in [1.165, 1.54) is 0 Å². The molecule has 72 valence electrons. The largest absolute Gasteiger partial charge is 0.373 e. The average molecular weight is 179 g/mol. The average Bonchev–Trinajstić information content (AvgIpc) is 2.16. The fourth-order valence-electron chi connectivity index (χ4n) is 1.02. The highest BCUT2D eigenvalue weighted by atomic mass is 15.2. The van der Waals surface area contributed by atoms with Gasteiger partial charge in [-0.2, -0.15) is 0 Å². The maximum Gasteiger partial charge on any atom is 0.130 e. The summed E-state index contributed by atoms with van der Waals surface area (Å²) in [6.07, 6.45) is 0. The standard InChI is InChI=1S/C10H17N3/c1-8(2)13(4)10-7-5-6-9(11-3)12-10/h5-8H,1-4H3,(H,11,12). The highest BCUT2D eigenvalue weighted by Crippen LogP contribution is 2.14. The van der Waals surface area contributed by atoms with E-state index in [1.54, 1.807) is 0 Å². The van der Waals surface area contributed by atoms with Crippen LogP contribution in [0, 0.1) is 0 Å². The van der Waals surface area contributed by atoms with Crippen LogP contribution in [0.15, 0.2) is 18.2 Å². The molecule has 1 heterocycles. The number of rotatable bonds is 3. The fraction of sp³-hybridized carbons (Fsp3) is 0.500. The molecule has 0 bridgehead atoms. The summed E-state index contributed by atoms with van der Waals surface area (Å²) in [6, 6.07) is 6.45. The number of hydrogen-bond donors (Lipinski definition) is 1. The van der Waals surface area contributed by atoms with Crippen molar-refractivity contribution in [2.45, 2.75) is 19.9 Å². The monoisotopic (exact) mass is 179 g/mol. The summed E-state index contributed by atoms with van der Waals surface area (Å²) in [7, 11) is 3.92. The van der Waals surface area contributed by atoms with Crippen LogP contribution in [0.4, 0.5) is 11.6 Å². The van der Waals surface area contributed by atoms with E-state index in [9.17, 15) is 0 Å². The van der Waals surface area contributed by atoms with Crippen LogP contribution < -0.4 is 10.2 Å². The summed E-state index contributed by atoms with van der Waals surface area (Å²) in [5.41, 5.74) is 0. The van der Waals surface area contributed by atoms with E-state index < -0.39 is 0 Å². The third kappa shape index (κ3) is 2.34. The molecule has 0 spiro atoms. The summed E-state index contributed by atoms with van der Waals surface area (Å²) in [5, 5.41) is 3.02. The van der Waals surface area contributed by atoms with E-state index in [2.05, 4.69) is 29.0 Å².